The maximum atomic E-state index is 12.4. The molecule has 0 aromatic carbocycles. The van der Waals surface area contributed by atoms with E-state index in [2.05, 4.69) is 24.2 Å². The number of nitrogens with two attached hydrogens (primary N) is 1. The molecule has 1 fully saturated rings. The lowest BCUT2D eigenvalue weighted by atomic mass is 9.92. The van der Waals surface area contributed by atoms with Crippen molar-refractivity contribution in [3.8, 4) is 0 Å². The Morgan fingerprint density at radius 3 is 3.08 bits per heavy atom. The summed E-state index contributed by atoms with van der Waals surface area (Å²) in [7, 11) is 0. The highest BCUT2D eigenvalue weighted by Crippen LogP contribution is 2.20. The molecular weight excluding hydrogens is 320 g/mol. The maximum Gasteiger partial charge on any atom is 0.232 e. The van der Waals surface area contributed by atoms with E-state index in [0.717, 1.165) is 43.0 Å². The van der Waals surface area contributed by atoms with Crippen LogP contribution < -0.4 is 5.73 Å². The summed E-state index contributed by atoms with van der Waals surface area (Å²) in [5.74, 6) is 1.94. The van der Waals surface area contributed by atoms with Gasteiger partial charge in [-0.2, -0.15) is 0 Å². The van der Waals surface area contributed by atoms with Crippen LogP contribution in [0, 0.1) is 12.8 Å². The number of carbonyl (C=O) groups is 1. The van der Waals surface area contributed by atoms with Gasteiger partial charge in [-0.15, -0.1) is 11.8 Å². The largest absolute Gasteiger partial charge is 0.342 e. The predicted molar refractivity (Wildman–Crippen MR) is 99.0 cm³/mol. The second-order valence-corrected chi connectivity index (χ2v) is 7.78. The predicted octanol–water partition coefficient (Wildman–Crippen LogP) is 2.46. The minimum absolute atomic E-state index is 0.162. The van der Waals surface area contributed by atoms with Crippen molar-refractivity contribution < 1.29 is 4.79 Å². The van der Waals surface area contributed by atoms with Crippen molar-refractivity contribution in [1.82, 2.24) is 14.3 Å². The average molecular weight is 347 g/mol. The molecule has 0 radical (unpaired) electrons. The van der Waals surface area contributed by atoms with E-state index in [-0.39, 0.29) is 11.9 Å². The van der Waals surface area contributed by atoms with Gasteiger partial charge in [0.25, 0.3) is 0 Å². The first-order chi connectivity index (χ1) is 11.5. The second kappa shape index (κ2) is 7.57. The van der Waals surface area contributed by atoms with Crippen LogP contribution in [-0.4, -0.2) is 45.1 Å². The first-order valence-corrected chi connectivity index (χ1v) is 9.74. The van der Waals surface area contributed by atoms with Gasteiger partial charge in [0.15, 0.2) is 0 Å². The number of amides is 1. The summed E-state index contributed by atoms with van der Waals surface area (Å²) in [4.78, 5) is 19.0. The zero-order valence-corrected chi connectivity index (χ0v) is 15.3. The fraction of sp³-hybridized carbons (Fsp3) is 0.556. The molecule has 0 spiro atoms. The lowest BCUT2D eigenvalue weighted by Crippen LogP contribution is -2.45. The Kier molecular flexibility index (Phi) is 5.46. The van der Waals surface area contributed by atoms with Crippen LogP contribution in [-0.2, 0) is 10.5 Å². The van der Waals surface area contributed by atoms with Gasteiger partial charge in [-0.3, -0.25) is 4.79 Å². The number of hydrogen-bond donors (Lipinski definition) is 1. The molecule has 1 aliphatic heterocycles. The Hall–Kier alpha value is -1.53. The van der Waals surface area contributed by atoms with Crippen LogP contribution in [0.25, 0.3) is 5.65 Å². The zero-order valence-electron chi connectivity index (χ0n) is 14.4. The van der Waals surface area contributed by atoms with Crippen LogP contribution >= 0.6 is 11.8 Å². The van der Waals surface area contributed by atoms with E-state index in [1.807, 2.05) is 28.5 Å². The fourth-order valence-electron chi connectivity index (χ4n) is 3.22. The lowest BCUT2D eigenvalue weighted by molar-refractivity contribution is -0.130. The quantitative estimate of drug-likeness (QED) is 0.903. The molecule has 2 N–H and O–H groups in total. The van der Waals surface area contributed by atoms with Crippen molar-refractivity contribution in [2.75, 3.05) is 18.8 Å². The summed E-state index contributed by atoms with van der Waals surface area (Å²) < 4.78 is 2.05. The molecule has 2 aromatic rings. The SMILES string of the molecule is Cc1ccc2nc(CSCC(=O)N3CCCC(C(C)N)C3)cn2c1. The minimum atomic E-state index is 0.162. The number of pyridine rings is 1. The number of imidazole rings is 1. The maximum absolute atomic E-state index is 12.4. The number of aromatic nitrogens is 2. The van der Waals surface area contributed by atoms with Gasteiger partial charge >= 0.3 is 0 Å². The highest BCUT2D eigenvalue weighted by Gasteiger charge is 2.25. The molecule has 2 aromatic heterocycles. The van der Waals surface area contributed by atoms with E-state index >= 15 is 0 Å². The van der Waals surface area contributed by atoms with Crippen molar-refractivity contribution in [2.45, 2.75) is 38.5 Å². The molecule has 2 atom stereocenters. The second-order valence-electron chi connectivity index (χ2n) is 6.80. The van der Waals surface area contributed by atoms with E-state index in [9.17, 15) is 4.79 Å². The van der Waals surface area contributed by atoms with Gasteiger partial charge < -0.3 is 15.0 Å². The van der Waals surface area contributed by atoms with E-state index in [1.165, 1.54) is 5.56 Å². The Bertz CT molecular complexity index is 712. The smallest absolute Gasteiger partial charge is 0.232 e. The molecule has 3 heterocycles. The van der Waals surface area contributed by atoms with Crippen molar-refractivity contribution in [2.24, 2.45) is 11.7 Å². The molecule has 0 saturated carbocycles. The Morgan fingerprint density at radius 2 is 2.29 bits per heavy atom. The molecule has 5 nitrogen and oxygen atoms in total. The molecule has 130 valence electrons. The first kappa shape index (κ1) is 17.3. The molecule has 0 bridgehead atoms. The number of aryl methyl sites for hydroxylation is 1. The van der Waals surface area contributed by atoms with Crippen molar-refractivity contribution >= 4 is 23.3 Å². The number of rotatable bonds is 5. The van der Waals surface area contributed by atoms with Crippen LogP contribution in [0.3, 0.4) is 0 Å². The third-order valence-corrected chi connectivity index (χ3v) is 5.63. The summed E-state index contributed by atoms with van der Waals surface area (Å²) in [5, 5.41) is 0. The number of thioether (sulfide) groups is 1. The number of fused-ring (bicyclic) bond motifs is 1. The molecule has 1 aliphatic rings. The van der Waals surface area contributed by atoms with Gasteiger partial charge in [0.05, 0.1) is 11.4 Å². The molecule has 3 rings (SSSR count). The number of piperidine rings is 1. The molecule has 1 saturated heterocycles. The molecule has 6 heteroatoms. The minimum Gasteiger partial charge on any atom is -0.342 e. The third kappa shape index (κ3) is 4.11. The van der Waals surface area contributed by atoms with Crippen molar-refractivity contribution in [3.63, 3.8) is 0 Å². The van der Waals surface area contributed by atoms with Crippen molar-refractivity contribution in [3.05, 3.63) is 35.8 Å². The van der Waals surface area contributed by atoms with Crippen molar-refractivity contribution in [1.29, 1.82) is 0 Å². The standard InChI is InChI=1S/C18H26N4OS/c1-13-5-6-17-20-16(10-22(17)8-13)11-24-12-18(23)21-7-3-4-15(9-21)14(2)19/h5-6,8,10,14-15H,3-4,7,9,11-12,19H2,1-2H3. The summed E-state index contributed by atoms with van der Waals surface area (Å²) in [6.07, 6.45) is 6.32. The van der Waals surface area contributed by atoms with Crippen LogP contribution in [0.4, 0.5) is 0 Å². The molecule has 0 aliphatic carbocycles. The van der Waals surface area contributed by atoms with Gasteiger partial charge in [-0.05, 0) is 44.2 Å². The van der Waals surface area contributed by atoms with E-state index in [4.69, 9.17) is 5.73 Å². The molecule has 2 unspecified atom stereocenters. The van der Waals surface area contributed by atoms with Gasteiger partial charge in [0.1, 0.15) is 5.65 Å². The molecular formula is C18H26N4OS. The number of carbonyl (C=O) groups excluding carboxylic acids is 1. The Morgan fingerprint density at radius 1 is 1.46 bits per heavy atom. The van der Waals surface area contributed by atoms with Gasteiger partial charge in [-0.1, -0.05) is 6.07 Å². The highest BCUT2D eigenvalue weighted by molar-refractivity contribution is 7.99. The Labute approximate surface area is 147 Å². The van der Waals surface area contributed by atoms with Crippen LogP contribution in [0.2, 0.25) is 0 Å². The zero-order chi connectivity index (χ0) is 17.1. The van der Waals surface area contributed by atoms with E-state index in [1.54, 1.807) is 11.8 Å². The third-order valence-electron chi connectivity index (χ3n) is 4.68. The van der Waals surface area contributed by atoms with Gasteiger partial charge in [0, 0.05) is 37.3 Å². The van der Waals surface area contributed by atoms with Crippen LogP contribution in [0.15, 0.2) is 24.5 Å². The normalized spacial score (nSPS) is 19.6. The monoisotopic (exact) mass is 346 g/mol. The summed E-state index contributed by atoms with van der Waals surface area (Å²) >= 11 is 1.64. The number of hydrogen-bond acceptors (Lipinski definition) is 4. The summed E-state index contributed by atoms with van der Waals surface area (Å²) in [6.45, 7) is 5.79. The number of nitrogens with zero attached hydrogens (tertiary/aromatic N) is 3. The average Bonchev–Trinajstić information content (AvgIpc) is 2.96. The van der Waals surface area contributed by atoms with Gasteiger partial charge in [0.2, 0.25) is 5.91 Å². The fourth-order valence-corrected chi connectivity index (χ4v) is 4.03. The molecule has 1 amide bonds. The van der Waals surface area contributed by atoms with Crippen LogP contribution in [0.1, 0.15) is 31.0 Å². The van der Waals surface area contributed by atoms with Gasteiger partial charge in [-0.25, -0.2) is 4.98 Å². The lowest BCUT2D eigenvalue weighted by Gasteiger charge is -2.34. The first-order valence-electron chi connectivity index (χ1n) is 8.58. The molecule has 24 heavy (non-hydrogen) atoms. The van der Waals surface area contributed by atoms with Crippen LogP contribution in [0.5, 0.6) is 0 Å². The summed E-state index contributed by atoms with van der Waals surface area (Å²) in [5.41, 5.74) is 9.19. The number of likely N-dealkylation sites (tertiary alicyclic amines) is 1. The summed E-state index contributed by atoms with van der Waals surface area (Å²) in [6, 6.07) is 4.25. The topological polar surface area (TPSA) is 63.6 Å². The highest BCUT2D eigenvalue weighted by atomic mass is 32.2. The van der Waals surface area contributed by atoms with E-state index in [0.29, 0.717) is 11.7 Å². The Balaban J connectivity index is 1.50. The van der Waals surface area contributed by atoms with E-state index < -0.39 is 0 Å².